The summed E-state index contributed by atoms with van der Waals surface area (Å²) < 4.78 is 5.13. The van der Waals surface area contributed by atoms with Crippen LogP contribution >= 0.6 is 11.6 Å². The standard InChI is InChI=1S/C10H10ClN3O2/c1-2-16-10-8(11)5-7(6-14-10)9(15)13-4-3-12/h5-6H,2,4H2,1H3,(H,13,15). The van der Waals surface area contributed by atoms with E-state index < -0.39 is 0 Å². The third kappa shape index (κ3) is 3.11. The SMILES string of the molecule is CCOc1ncc(C(=O)NCC#N)cc1Cl. The van der Waals surface area contributed by atoms with Crippen LogP contribution in [0.1, 0.15) is 17.3 Å². The number of nitriles is 1. The molecule has 0 atom stereocenters. The van der Waals surface area contributed by atoms with E-state index in [1.807, 2.05) is 6.92 Å². The Hall–Kier alpha value is -1.80. The molecule has 0 radical (unpaired) electrons. The van der Waals surface area contributed by atoms with Crippen molar-refractivity contribution >= 4 is 17.5 Å². The van der Waals surface area contributed by atoms with Gasteiger partial charge in [-0.1, -0.05) is 11.6 Å². The quantitative estimate of drug-likeness (QED) is 0.806. The Morgan fingerprint density at radius 1 is 1.75 bits per heavy atom. The van der Waals surface area contributed by atoms with Crippen molar-refractivity contribution in [2.75, 3.05) is 13.2 Å². The number of nitrogens with zero attached hydrogens (tertiary/aromatic N) is 2. The van der Waals surface area contributed by atoms with Crippen LogP contribution in [-0.2, 0) is 0 Å². The van der Waals surface area contributed by atoms with E-state index in [1.165, 1.54) is 12.3 Å². The van der Waals surface area contributed by atoms with E-state index in [-0.39, 0.29) is 17.5 Å². The maximum absolute atomic E-state index is 11.4. The Labute approximate surface area is 98.0 Å². The zero-order valence-electron chi connectivity index (χ0n) is 8.66. The van der Waals surface area contributed by atoms with Gasteiger partial charge in [0.25, 0.3) is 5.91 Å². The lowest BCUT2D eigenvalue weighted by atomic mass is 10.2. The third-order valence-electron chi connectivity index (χ3n) is 1.68. The molecule has 6 heteroatoms. The average molecular weight is 240 g/mol. The molecule has 0 saturated heterocycles. The average Bonchev–Trinajstić information content (AvgIpc) is 2.29. The number of hydrogen-bond acceptors (Lipinski definition) is 4. The van der Waals surface area contributed by atoms with Crippen LogP contribution in [0.3, 0.4) is 0 Å². The first kappa shape index (κ1) is 12.3. The number of aromatic nitrogens is 1. The fourth-order valence-electron chi connectivity index (χ4n) is 1.01. The van der Waals surface area contributed by atoms with Crippen LogP contribution in [0.25, 0.3) is 0 Å². The van der Waals surface area contributed by atoms with Crippen molar-refractivity contribution in [1.82, 2.24) is 10.3 Å². The minimum Gasteiger partial charge on any atom is -0.477 e. The van der Waals surface area contributed by atoms with E-state index in [9.17, 15) is 4.79 Å². The summed E-state index contributed by atoms with van der Waals surface area (Å²) in [6.07, 6.45) is 1.35. The van der Waals surface area contributed by atoms with Gasteiger partial charge in [0.1, 0.15) is 11.6 Å². The van der Waals surface area contributed by atoms with Crippen molar-refractivity contribution in [3.05, 3.63) is 22.8 Å². The van der Waals surface area contributed by atoms with Crippen LogP contribution in [0.4, 0.5) is 0 Å². The van der Waals surface area contributed by atoms with Gasteiger partial charge in [0.15, 0.2) is 0 Å². The van der Waals surface area contributed by atoms with Gasteiger partial charge in [-0.2, -0.15) is 5.26 Å². The summed E-state index contributed by atoms with van der Waals surface area (Å²) >= 11 is 5.85. The van der Waals surface area contributed by atoms with Crippen LogP contribution in [0.5, 0.6) is 5.88 Å². The maximum Gasteiger partial charge on any atom is 0.253 e. The van der Waals surface area contributed by atoms with Gasteiger partial charge >= 0.3 is 0 Å². The number of ether oxygens (including phenoxy) is 1. The van der Waals surface area contributed by atoms with Crippen LogP contribution in [0.2, 0.25) is 5.02 Å². The van der Waals surface area contributed by atoms with Gasteiger partial charge in [-0.3, -0.25) is 4.79 Å². The van der Waals surface area contributed by atoms with Crippen LogP contribution in [0.15, 0.2) is 12.3 Å². The van der Waals surface area contributed by atoms with Gasteiger partial charge in [0.2, 0.25) is 5.88 Å². The van der Waals surface area contributed by atoms with Gasteiger partial charge in [-0.25, -0.2) is 4.98 Å². The maximum atomic E-state index is 11.4. The molecule has 84 valence electrons. The molecule has 0 bridgehead atoms. The highest BCUT2D eigenvalue weighted by molar-refractivity contribution is 6.32. The van der Waals surface area contributed by atoms with Crippen LogP contribution < -0.4 is 10.1 Å². The van der Waals surface area contributed by atoms with E-state index in [2.05, 4.69) is 10.3 Å². The molecule has 1 aromatic rings. The van der Waals surface area contributed by atoms with Gasteiger partial charge in [-0.05, 0) is 13.0 Å². The van der Waals surface area contributed by atoms with Gasteiger partial charge in [0.05, 0.1) is 18.2 Å². The summed E-state index contributed by atoms with van der Waals surface area (Å²) in [7, 11) is 0. The van der Waals surface area contributed by atoms with Crippen LogP contribution in [-0.4, -0.2) is 24.0 Å². The monoisotopic (exact) mass is 239 g/mol. The zero-order valence-corrected chi connectivity index (χ0v) is 9.41. The van der Waals surface area contributed by atoms with Gasteiger partial charge in [-0.15, -0.1) is 0 Å². The van der Waals surface area contributed by atoms with Crippen molar-refractivity contribution in [1.29, 1.82) is 5.26 Å². The molecule has 16 heavy (non-hydrogen) atoms. The molecule has 0 aromatic carbocycles. The number of pyridine rings is 1. The minimum atomic E-state index is -0.390. The van der Waals surface area contributed by atoms with Gasteiger partial charge in [0, 0.05) is 6.20 Å². The lowest BCUT2D eigenvalue weighted by molar-refractivity contribution is 0.0958. The Morgan fingerprint density at radius 2 is 2.50 bits per heavy atom. The molecule has 1 aromatic heterocycles. The fraction of sp³-hybridized carbons (Fsp3) is 0.300. The second kappa shape index (κ2) is 5.93. The topological polar surface area (TPSA) is 75.0 Å². The summed E-state index contributed by atoms with van der Waals surface area (Å²) in [4.78, 5) is 15.3. The Balaban J connectivity index is 2.80. The van der Waals surface area contributed by atoms with E-state index in [4.69, 9.17) is 21.6 Å². The smallest absolute Gasteiger partial charge is 0.253 e. The first-order chi connectivity index (χ1) is 7.69. The number of amides is 1. The van der Waals surface area contributed by atoms with Crippen molar-refractivity contribution in [2.24, 2.45) is 0 Å². The highest BCUT2D eigenvalue weighted by atomic mass is 35.5. The Kier molecular flexibility index (Phi) is 4.55. The Morgan fingerprint density at radius 3 is 3.06 bits per heavy atom. The number of halogens is 1. The molecule has 0 saturated carbocycles. The number of nitrogens with one attached hydrogen (secondary N) is 1. The fourth-order valence-corrected chi connectivity index (χ4v) is 1.24. The molecule has 0 spiro atoms. The molecular weight excluding hydrogens is 230 g/mol. The van der Waals surface area contributed by atoms with E-state index in [1.54, 1.807) is 6.07 Å². The lowest BCUT2D eigenvalue weighted by Gasteiger charge is -2.05. The first-order valence-corrected chi connectivity index (χ1v) is 5.00. The minimum absolute atomic E-state index is 0.0519. The largest absolute Gasteiger partial charge is 0.477 e. The molecule has 0 aliphatic carbocycles. The summed E-state index contributed by atoms with van der Waals surface area (Å²) in [5, 5.41) is 11.0. The van der Waals surface area contributed by atoms with E-state index in [0.717, 1.165) is 0 Å². The summed E-state index contributed by atoms with van der Waals surface area (Å²) in [6, 6.07) is 3.26. The van der Waals surface area contributed by atoms with Crippen molar-refractivity contribution in [3.8, 4) is 11.9 Å². The molecule has 5 nitrogen and oxygen atoms in total. The summed E-state index contributed by atoms with van der Waals surface area (Å²) in [5.41, 5.74) is 0.295. The first-order valence-electron chi connectivity index (χ1n) is 4.62. The van der Waals surface area contributed by atoms with Crippen molar-refractivity contribution < 1.29 is 9.53 Å². The normalized spacial score (nSPS) is 9.31. The van der Waals surface area contributed by atoms with Crippen molar-refractivity contribution in [3.63, 3.8) is 0 Å². The Bertz CT molecular complexity index is 429. The van der Waals surface area contributed by atoms with Crippen LogP contribution in [0, 0.1) is 11.3 Å². The lowest BCUT2D eigenvalue weighted by Crippen LogP contribution is -2.23. The molecule has 1 heterocycles. The number of carbonyl (C=O) groups is 1. The molecule has 1 amide bonds. The number of rotatable bonds is 4. The number of hydrogen-bond donors (Lipinski definition) is 1. The molecule has 0 aliphatic rings. The van der Waals surface area contributed by atoms with Crippen molar-refractivity contribution in [2.45, 2.75) is 6.92 Å². The highest BCUT2D eigenvalue weighted by Crippen LogP contribution is 2.22. The second-order valence-corrected chi connectivity index (χ2v) is 3.19. The molecule has 0 unspecified atom stereocenters. The third-order valence-corrected chi connectivity index (χ3v) is 1.95. The predicted octanol–water partition coefficient (Wildman–Crippen LogP) is 1.39. The van der Waals surface area contributed by atoms with E-state index >= 15 is 0 Å². The summed E-state index contributed by atoms with van der Waals surface area (Å²) in [6.45, 7) is 2.21. The number of carbonyl (C=O) groups excluding carboxylic acids is 1. The summed E-state index contributed by atoms with van der Waals surface area (Å²) in [5.74, 6) is -0.0972. The molecule has 0 aliphatic heterocycles. The van der Waals surface area contributed by atoms with Gasteiger partial charge < -0.3 is 10.1 Å². The second-order valence-electron chi connectivity index (χ2n) is 2.78. The predicted molar refractivity (Wildman–Crippen MR) is 58.4 cm³/mol. The molecular formula is C10H10ClN3O2. The van der Waals surface area contributed by atoms with E-state index in [0.29, 0.717) is 18.1 Å². The highest BCUT2D eigenvalue weighted by Gasteiger charge is 2.09. The molecule has 1 N–H and O–H groups in total. The molecule has 1 rings (SSSR count). The molecule has 0 fully saturated rings. The zero-order chi connectivity index (χ0) is 12.0.